The summed E-state index contributed by atoms with van der Waals surface area (Å²) < 4.78 is 30.7. The number of hydrogen-bond acceptors (Lipinski definition) is 4. The smallest absolute Gasteiger partial charge is 0.245 e. The molecule has 0 aliphatic heterocycles. The number of nitrogens with zero attached hydrogens (tertiary/aromatic N) is 1. The molecule has 0 bridgehead atoms. The van der Waals surface area contributed by atoms with Crippen molar-refractivity contribution in [1.29, 1.82) is 0 Å². The third kappa shape index (κ3) is 5.49. The molecule has 2 rings (SSSR count). The van der Waals surface area contributed by atoms with E-state index in [0.717, 1.165) is 16.1 Å². The average Bonchev–Trinajstić information content (AvgIpc) is 2.54. The highest BCUT2D eigenvalue weighted by Crippen LogP contribution is 2.23. The first kappa shape index (κ1) is 18.8. The Kier molecular flexibility index (Phi) is 6.03. The maximum Gasteiger partial charge on any atom is 0.245 e. The number of hydrogen-bond donors (Lipinski definition) is 1. The number of carbonyl (C=O) groups excluding carboxylic acids is 1. The number of anilines is 2. The van der Waals surface area contributed by atoms with Gasteiger partial charge in [0.2, 0.25) is 15.9 Å². The number of amides is 1. The lowest BCUT2D eigenvalue weighted by molar-refractivity contribution is -0.114. The predicted molar refractivity (Wildman–Crippen MR) is 99.6 cm³/mol. The largest absolute Gasteiger partial charge is 0.494 e. The van der Waals surface area contributed by atoms with Crippen molar-refractivity contribution in [3.8, 4) is 5.75 Å². The molecule has 0 fully saturated rings. The predicted octanol–water partition coefficient (Wildman–Crippen LogP) is 2.80. The number of benzene rings is 2. The van der Waals surface area contributed by atoms with Crippen LogP contribution in [0, 0.1) is 6.92 Å². The van der Waals surface area contributed by atoms with Crippen LogP contribution in [0.3, 0.4) is 0 Å². The van der Waals surface area contributed by atoms with Gasteiger partial charge in [-0.1, -0.05) is 23.8 Å². The topological polar surface area (TPSA) is 75.7 Å². The van der Waals surface area contributed by atoms with Crippen molar-refractivity contribution in [2.45, 2.75) is 13.8 Å². The fourth-order valence-corrected chi connectivity index (χ4v) is 3.11. The molecule has 1 N–H and O–H groups in total. The van der Waals surface area contributed by atoms with Crippen molar-refractivity contribution in [3.05, 3.63) is 54.1 Å². The Labute approximate surface area is 148 Å². The van der Waals surface area contributed by atoms with Gasteiger partial charge in [-0.15, -0.1) is 0 Å². The lowest BCUT2D eigenvalue weighted by Gasteiger charge is -2.22. The second kappa shape index (κ2) is 8.02. The first-order valence-electron chi connectivity index (χ1n) is 7.86. The van der Waals surface area contributed by atoms with Gasteiger partial charge in [0, 0.05) is 11.8 Å². The fourth-order valence-electron chi connectivity index (χ4n) is 2.26. The Morgan fingerprint density at radius 2 is 1.84 bits per heavy atom. The number of nitrogens with one attached hydrogen (secondary N) is 1. The van der Waals surface area contributed by atoms with Crippen molar-refractivity contribution in [3.63, 3.8) is 0 Å². The van der Waals surface area contributed by atoms with E-state index < -0.39 is 15.9 Å². The Morgan fingerprint density at radius 3 is 2.44 bits per heavy atom. The van der Waals surface area contributed by atoms with Crippen LogP contribution in [0.5, 0.6) is 5.75 Å². The molecule has 0 saturated carbocycles. The SMILES string of the molecule is CCOc1cccc(N(CC(=O)Nc2ccc(C)cc2)S(C)(=O)=O)c1. The maximum absolute atomic E-state index is 12.3. The first-order valence-corrected chi connectivity index (χ1v) is 9.71. The Hall–Kier alpha value is -2.54. The highest BCUT2D eigenvalue weighted by Gasteiger charge is 2.21. The molecule has 1 amide bonds. The third-order valence-electron chi connectivity index (χ3n) is 3.44. The summed E-state index contributed by atoms with van der Waals surface area (Å²) in [6.07, 6.45) is 1.07. The van der Waals surface area contributed by atoms with Gasteiger partial charge in [0.25, 0.3) is 0 Å². The van der Waals surface area contributed by atoms with Crippen molar-refractivity contribution < 1.29 is 17.9 Å². The van der Waals surface area contributed by atoms with Gasteiger partial charge in [-0.25, -0.2) is 8.42 Å². The molecule has 0 radical (unpaired) electrons. The minimum Gasteiger partial charge on any atom is -0.494 e. The van der Waals surface area contributed by atoms with Gasteiger partial charge in [-0.2, -0.15) is 0 Å². The zero-order chi connectivity index (χ0) is 18.4. The van der Waals surface area contributed by atoms with Gasteiger partial charge in [0.1, 0.15) is 12.3 Å². The van der Waals surface area contributed by atoms with Crippen LogP contribution in [-0.2, 0) is 14.8 Å². The minimum atomic E-state index is -3.63. The van der Waals surface area contributed by atoms with Crippen LogP contribution in [0.2, 0.25) is 0 Å². The zero-order valence-electron chi connectivity index (χ0n) is 14.5. The molecule has 0 saturated heterocycles. The molecule has 7 heteroatoms. The highest BCUT2D eigenvalue weighted by atomic mass is 32.2. The van der Waals surface area contributed by atoms with Crippen LogP contribution in [0.1, 0.15) is 12.5 Å². The van der Waals surface area contributed by atoms with Gasteiger partial charge in [-0.3, -0.25) is 9.10 Å². The fraction of sp³-hybridized carbons (Fsp3) is 0.278. The van der Waals surface area contributed by atoms with Gasteiger partial charge in [-0.05, 0) is 38.1 Å². The van der Waals surface area contributed by atoms with E-state index in [9.17, 15) is 13.2 Å². The maximum atomic E-state index is 12.3. The van der Waals surface area contributed by atoms with E-state index in [0.29, 0.717) is 23.7 Å². The van der Waals surface area contributed by atoms with Gasteiger partial charge >= 0.3 is 0 Å². The van der Waals surface area contributed by atoms with E-state index in [1.807, 2.05) is 26.0 Å². The summed E-state index contributed by atoms with van der Waals surface area (Å²) in [4.78, 5) is 12.3. The molecule has 0 spiro atoms. The normalized spacial score (nSPS) is 11.0. The van der Waals surface area contributed by atoms with E-state index in [2.05, 4.69) is 5.32 Å². The molecule has 6 nitrogen and oxygen atoms in total. The van der Waals surface area contributed by atoms with Crippen LogP contribution in [0.25, 0.3) is 0 Å². The second-order valence-corrected chi connectivity index (χ2v) is 7.52. The molecule has 0 aliphatic carbocycles. The monoisotopic (exact) mass is 362 g/mol. The summed E-state index contributed by atoms with van der Waals surface area (Å²) in [5, 5.41) is 2.70. The van der Waals surface area contributed by atoms with Gasteiger partial charge in [0.05, 0.1) is 18.6 Å². The average molecular weight is 362 g/mol. The third-order valence-corrected chi connectivity index (χ3v) is 4.58. The minimum absolute atomic E-state index is 0.317. The Balaban J connectivity index is 2.19. The van der Waals surface area contributed by atoms with Crippen molar-refractivity contribution >= 4 is 27.3 Å². The number of aryl methyl sites for hydroxylation is 1. The molecular weight excluding hydrogens is 340 g/mol. The van der Waals surface area contributed by atoms with Crippen LogP contribution in [0.4, 0.5) is 11.4 Å². The molecule has 0 heterocycles. The summed E-state index contributed by atoms with van der Waals surface area (Å²) >= 11 is 0. The van der Waals surface area contributed by atoms with Crippen molar-refractivity contribution in [1.82, 2.24) is 0 Å². The van der Waals surface area contributed by atoms with E-state index >= 15 is 0 Å². The zero-order valence-corrected chi connectivity index (χ0v) is 15.3. The summed E-state index contributed by atoms with van der Waals surface area (Å²) in [5.41, 5.74) is 2.07. The molecule has 2 aromatic carbocycles. The van der Waals surface area contributed by atoms with Crippen LogP contribution in [-0.4, -0.2) is 33.7 Å². The highest BCUT2D eigenvalue weighted by molar-refractivity contribution is 7.92. The van der Waals surface area contributed by atoms with Crippen LogP contribution >= 0.6 is 0 Å². The van der Waals surface area contributed by atoms with Crippen molar-refractivity contribution in [2.24, 2.45) is 0 Å². The lowest BCUT2D eigenvalue weighted by atomic mass is 10.2. The number of sulfonamides is 1. The summed E-state index contributed by atoms with van der Waals surface area (Å²) in [5.74, 6) is 0.128. The molecule has 0 aromatic heterocycles. The number of ether oxygens (including phenoxy) is 1. The lowest BCUT2D eigenvalue weighted by Crippen LogP contribution is -2.37. The van der Waals surface area contributed by atoms with E-state index in [1.54, 1.807) is 36.4 Å². The van der Waals surface area contributed by atoms with Crippen molar-refractivity contribution in [2.75, 3.05) is 29.0 Å². The Morgan fingerprint density at radius 1 is 1.16 bits per heavy atom. The standard InChI is InChI=1S/C18H22N2O4S/c1-4-24-17-7-5-6-16(12-17)20(25(3,22)23)13-18(21)19-15-10-8-14(2)9-11-15/h5-12H,4,13H2,1-3H3,(H,19,21). The van der Waals surface area contributed by atoms with E-state index in [1.165, 1.54) is 0 Å². The van der Waals surface area contributed by atoms with Crippen LogP contribution in [0.15, 0.2) is 48.5 Å². The van der Waals surface area contributed by atoms with Gasteiger partial charge < -0.3 is 10.1 Å². The number of rotatable bonds is 7. The quantitative estimate of drug-likeness (QED) is 0.822. The molecule has 2 aromatic rings. The summed E-state index contributed by atoms with van der Waals surface area (Å²) in [7, 11) is -3.63. The molecule has 0 atom stereocenters. The van der Waals surface area contributed by atoms with E-state index in [-0.39, 0.29) is 6.54 Å². The van der Waals surface area contributed by atoms with Gasteiger partial charge in [0.15, 0.2) is 0 Å². The summed E-state index contributed by atoms with van der Waals surface area (Å²) in [6.45, 7) is 3.94. The molecule has 25 heavy (non-hydrogen) atoms. The van der Waals surface area contributed by atoms with Crippen LogP contribution < -0.4 is 14.4 Å². The first-order chi connectivity index (χ1) is 11.8. The molecule has 0 aliphatic rings. The Bertz CT molecular complexity index is 832. The molecular formula is C18H22N2O4S. The molecule has 0 unspecified atom stereocenters. The van der Waals surface area contributed by atoms with E-state index in [4.69, 9.17) is 4.74 Å². The molecule has 134 valence electrons. The second-order valence-electron chi connectivity index (χ2n) is 5.61. The summed E-state index contributed by atoms with van der Waals surface area (Å²) in [6, 6.07) is 13.9. The number of carbonyl (C=O) groups is 1.